The SMILES string of the molecule is COC(=O)c1cnc(NC2CCCC2C)cn1. The van der Waals surface area contributed by atoms with Gasteiger partial charge in [0, 0.05) is 6.04 Å². The van der Waals surface area contributed by atoms with Crippen LogP contribution in [0.1, 0.15) is 36.7 Å². The molecule has 1 N–H and O–H groups in total. The van der Waals surface area contributed by atoms with Crippen molar-refractivity contribution in [3.8, 4) is 0 Å². The Morgan fingerprint density at radius 2 is 2.24 bits per heavy atom. The molecule has 1 saturated carbocycles. The van der Waals surface area contributed by atoms with Crippen molar-refractivity contribution in [3.05, 3.63) is 18.1 Å². The van der Waals surface area contributed by atoms with Crippen molar-refractivity contribution < 1.29 is 9.53 Å². The van der Waals surface area contributed by atoms with E-state index in [1.165, 1.54) is 32.6 Å². The largest absolute Gasteiger partial charge is 0.464 e. The third kappa shape index (κ3) is 2.72. The minimum absolute atomic E-state index is 0.234. The normalized spacial score (nSPS) is 23.4. The molecule has 2 unspecified atom stereocenters. The molecular formula is C12H17N3O2. The predicted molar refractivity (Wildman–Crippen MR) is 63.8 cm³/mol. The number of nitrogens with one attached hydrogen (secondary N) is 1. The van der Waals surface area contributed by atoms with Crippen molar-refractivity contribution in [2.24, 2.45) is 5.92 Å². The molecule has 1 aromatic heterocycles. The number of carbonyl (C=O) groups excluding carboxylic acids is 1. The smallest absolute Gasteiger partial charge is 0.358 e. The summed E-state index contributed by atoms with van der Waals surface area (Å²) in [7, 11) is 1.33. The highest BCUT2D eigenvalue weighted by Crippen LogP contribution is 2.27. The Labute approximate surface area is 101 Å². The van der Waals surface area contributed by atoms with E-state index in [4.69, 9.17) is 0 Å². The first-order valence-corrected chi connectivity index (χ1v) is 5.87. The van der Waals surface area contributed by atoms with Gasteiger partial charge < -0.3 is 10.1 Å². The summed E-state index contributed by atoms with van der Waals surface area (Å²) in [6, 6.07) is 0.466. The fraction of sp³-hybridized carbons (Fsp3) is 0.583. The molecule has 2 rings (SSSR count). The van der Waals surface area contributed by atoms with E-state index >= 15 is 0 Å². The van der Waals surface area contributed by atoms with Gasteiger partial charge in [-0.2, -0.15) is 0 Å². The van der Waals surface area contributed by atoms with Crippen molar-refractivity contribution in [2.45, 2.75) is 32.2 Å². The van der Waals surface area contributed by atoms with Crippen LogP contribution in [0, 0.1) is 5.92 Å². The Kier molecular flexibility index (Phi) is 3.56. The molecule has 1 heterocycles. The number of rotatable bonds is 3. The topological polar surface area (TPSA) is 64.1 Å². The maximum absolute atomic E-state index is 11.2. The molecule has 0 bridgehead atoms. The Morgan fingerprint density at radius 3 is 2.76 bits per heavy atom. The average Bonchev–Trinajstić information content (AvgIpc) is 2.75. The zero-order chi connectivity index (χ0) is 12.3. The number of hydrogen-bond acceptors (Lipinski definition) is 5. The first-order chi connectivity index (χ1) is 8.20. The van der Waals surface area contributed by atoms with Crippen molar-refractivity contribution in [1.82, 2.24) is 9.97 Å². The molecule has 5 nitrogen and oxygen atoms in total. The Morgan fingerprint density at radius 1 is 1.41 bits per heavy atom. The number of methoxy groups -OCH3 is 1. The van der Waals surface area contributed by atoms with Crippen LogP contribution in [0.3, 0.4) is 0 Å². The third-order valence-corrected chi connectivity index (χ3v) is 3.24. The molecule has 0 radical (unpaired) electrons. The molecule has 0 spiro atoms. The van der Waals surface area contributed by atoms with E-state index in [1.54, 1.807) is 6.20 Å². The highest BCUT2D eigenvalue weighted by molar-refractivity contribution is 5.86. The van der Waals surface area contributed by atoms with Crippen LogP contribution in [0.25, 0.3) is 0 Å². The molecule has 1 aromatic rings. The molecule has 2 atom stereocenters. The van der Waals surface area contributed by atoms with Crippen LogP contribution in [0.5, 0.6) is 0 Å². The van der Waals surface area contributed by atoms with Gasteiger partial charge >= 0.3 is 5.97 Å². The number of hydrogen-bond donors (Lipinski definition) is 1. The maximum Gasteiger partial charge on any atom is 0.358 e. The first-order valence-electron chi connectivity index (χ1n) is 5.87. The summed E-state index contributed by atoms with van der Waals surface area (Å²) in [4.78, 5) is 19.4. The number of nitrogens with zero attached hydrogens (tertiary/aromatic N) is 2. The zero-order valence-corrected chi connectivity index (χ0v) is 10.1. The van der Waals surface area contributed by atoms with Gasteiger partial charge in [0.25, 0.3) is 0 Å². The van der Waals surface area contributed by atoms with Crippen molar-refractivity contribution >= 4 is 11.8 Å². The minimum atomic E-state index is -0.460. The predicted octanol–water partition coefficient (Wildman–Crippen LogP) is 1.86. The minimum Gasteiger partial charge on any atom is -0.464 e. The van der Waals surface area contributed by atoms with Gasteiger partial charge in [0.15, 0.2) is 5.69 Å². The lowest BCUT2D eigenvalue weighted by Crippen LogP contribution is -2.22. The van der Waals surface area contributed by atoms with Crippen LogP contribution in [0.2, 0.25) is 0 Å². The van der Waals surface area contributed by atoms with Gasteiger partial charge in [0.05, 0.1) is 19.5 Å². The van der Waals surface area contributed by atoms with Gasteiger partial charge in [-0.15, -0.1) is 0 Å². The monoisotopic (exact) mass is 235 g/mol. The lowest BCUT2D eigenvalue weighted by Gasteiger charge is -2.17. The Balaban J connectivity index is 2.00. The first kappa shape index (κ1) is 11.8. The molecule has 0 amide bonds. The van der Waals surface area contributed by atoms with E-state index in [-0.39, 0.29) is 5.69 Å². The Bertz CT molecular complexity index is 391. The van der Waals surface area contributed by atoms with E-state index in [2.05, 4.69) is 26.9 Å². The van der Waals surface area contributed by atoms with Crippen molar-refractivity contribution in [3.63, 3.8) is 0 Å². The van der Waals surface area contributed by atoms with Crippen LogP contribution in [0.15, 0.2) is 12.4 Å². The lowest BCUT2D eigenvalue weighted by molar-refractivity contribution is 0.0593. The van der Waals surface area contributed by atoms with Crippen LogP contribution < -0.4 is 5.32 Å². The quantitative estimate of drug-likeness (QED) is 0.810. The number of esters is 1. The summed E-state index contributed by atoms with van der Waals surface area (Å²) >= 11 is 0. The van der Waals surface area contributed by atoms with Gasteiger partial charge in [-0.1, -0.05) is 13.3 Å². The van der Waals surface area contributed by atoms with Gasteiger partial charge in [0.1, 0.15) is 5.82 Å². The van der Waals surface area contributed by atoms with Crippen molar-refractivity contribution in [2.75, 3.05) is 12.4 Å². The molecule has 17 heavy (non-hydrogen) atoms. The molecule has 0 aromatic carbocycles. The summed E-state index contributed by atoms with van der Waals surface area (Å²) in [6.45, 7) is 2.24. The fourth-order valence-corrected chi connectivity index (χ4v) is 2.16. The van der Waals surface area contributed by atoms with Gasteiger partial charge in [0.2, 0.25) is 0 Å². The molecular weight excluding hydrogens is 218 g/mol. The molecule has 92 valence electrons. The second kappa shape index (κ2) is 5.12. The van der Waals surface area contributed by atoms with E-state index in [0.29, 0.717) is 12.0 Å². The molecule has 1 fully saturated rings. The average molecular weight is 235 g/mol. The summed E-state index contributed by atoms with van der Waals surface area (Å²) in [5.74, 6) is 0.923. The summed E-state index contributed by atoms with van der Waals surface area (Å²) in [6.07, 6.45) is 6.70. The van der Waals surface area contributed by atoms with Crippen LogP contribution >= 0.6 is 0 Å². The lowest BCUT2D eigenvalue weighted by atomic mass is 10.1. The van der Waals surface area contributed by atoms with E-state index < -0.39 is 5.97 Å². The maximum atomic E-state index is 11.2. The van der Waals surface area contributed by atoms with E-state index in [0.717, 1.165) is 5.82 Å². The summed E-state index contributed by atoms with van der Waals surface area (Å²) < 4.78 is 4.56. The molecule has 5 heteroatoms. The molecule has 0 aliphatic heterocycles. The number of aromatic nitrogens is 2. The van der Waals surface area contributed by atoms with E-state index in [9.17, 15) is 4.79 Å². The van der Waals surface area contributed by atoms with Crippen LogP contribution in [0.4, 0.5) is 5.82 Å². The zero-order valence-electron chi connectivity index (χ0n) is 10.1. The number of ether oxygens (including phenoxy) is 1. The molecule has 1 aliphatic rings. The standard InChI is InChI=1S/C12H17N3O2/c1-8-4-3-5-9(8)15-11-7-13-10(6-14-11)12(16)17-2/h6-9H,3-5H2,1-2H3,(H,14,15). The summed E-state index contributed by atoms with van der Waals surface area (Å²) in [5.41, 5.74) is 0.234. The Hall–Kier alpha value is -1.65. The van der Waals surface area contributed by atoms with Crippen LogP contribution in [-0.4, -0.2) is 29.1 Å². The fourth-order valence-electron chi connectivity index (χ4n) is 2.16. The number of carbonyl (C=O) groups is 1. The summed E-state index contributed by atoms with van der Waals surface area (Å²) in [5, 5.41) is 3.35. The van der Waals surface area contributed by atoms with Crippen LogP contribution in [-0.2, 0) is 4.74 Å². The van der Waals surface area contributed by atoms with E-state index in [1.807, 2.05) is 0 Å². The van der Waals surface area contributed by atoms with Gasteiger partial charge in [-0.05, 0) is 18.8 Å². The van der Waals surface area contributed by atoms with Gasteiger partial charge in [-0.3, -0.25) is 0 Å². The number of anilines is 1. The third-order valence-electron chi connectivity index (χ3n) is 3.24. The molecule has 0 saturated heterocycles. The highest BCUT2D eigenvalue weighted by atomic mass is 16.5. The van der Waals surface area contributed by atoms with Gasteiger partial charge in [-0.25, -0.2) is 14.8 Å². The highest BCUT2D eigenvalue weighted by Gasteiger charge is 2.23. The second-order valence-corrected chi connectivity index (χ2v) is 4.44. The second-order valence-electron chi connectivity index (χ2n) is 4.44. The molecule has 1 aliphatic carbocycles. The van der Waals surface area contributed by atoms with Crippen molar-refractivity contribution in [1.29, 1.82) is 0 Å².